The first-order chi connectivity index (χ1) is 8.78. The van der Waals surface area contributed by atoms with E-state index in [1.165, 1.54) is 0 Å². The van der Waals surface area contributed by atoms with Crippen molar-refractivity contribution in [1.82, 2.24) is 5.32 Å². The average Bonchev–Trinajstić information content (AvgIpc) is 2.19. The molecule has 0 rings (SSSR count). The molecule has 20 heavy (non-hydrogen) atoms. The number of carbonyl (C=O) groups excluding carboxylic acids is 1. The van der Waals surface area contributed by atoms with Crippen LogP contribution in [-0.2, 0) is 9.16 Å². The van der Waals surface area contributed by atoms with Crippen molar-refractivity contribution < 1.29 is 14.0 Å². The second kappa shape index (κ2) is 7.27. The molecule has 0 radical (unpaired) electrons. The molecule has 0 fully saturated rings. The predicted molar refractivity (Wildman–Crippen MR) is 90.1 cm³/mol. The van der Waals surface area contributed by atoms with Crippen LogP contribution in [0.1, 0.15) is 41.5 Å². The van der Waals surface area contributed by atoms with E-state index in [1.807, 2.05) is 20.8 Å². The van der Waals surface area contributed by atoms with Crippen LogP contribution < -0.4 is 5.32 Å². The zero-order chi connectivity index (χ0) is 16.2. The van der Waals surface area contributed by atoms with Crippen molar-refractivity contribution in [3.8, 4) is 0 Å². The zero-order valence-electron chi connectivity index (χ0n) is 14.1. The molecule has 0 aliphatic heterocycles. The maximum atomic E-state index is 11.6. The first kappa shape index (κ1) is 19.9. The summed E-state index contributed by atoms with van der Waals surface area (Å²) < 4.78 is 11.5. The molecule has 4 nitrogen and oxygen atoms in total. The Morgan fingerprint density at radius 2 is 1.70 bits per heavy atom. The van der Waals surface area contributed by atoms with Crippen molar-refractivity contribution in [2.75, 3.05) is 11.9 Å². The summed E-state index contributed by atoms with van der Waals surface area (Å²) in [7, 11) is -1.83. The Labute approximate surface area is 133 Å². The number of alkyl carbamates (subject to hydrolysis) is 1. The van der Waals surface area contributed by atoms with Gasteiger partial charge in [0, 0.05) is 11.9 Å². The standard InChI is InChI=1S/C14H30BrNO3Si/c1-13(2,3)18-12(17)16-10-11(9-15)19-20(7,8)14(4,5)6/h11H,9-10H2,1-8H3,(H,16,17). The van der Waals surface area contributed by atoms with E-state index in [9.17, 15) is 4.79 Å². The van der Waals surface area contributed by atoms with Gasteiger partial charge in [-0.1, -0.05) is 36.7 Å². The van der Waals surface area contributed by atoms with E-state index in [0.717, 1.165) is 0 Å². The summed E-state index contributed by atoms with van der Waals surface area (Å²) in [6, 6.07) is 0. The Balaban J connectivity index is 4.41. The van der Waals surface area contributed by atoms with Crippen molar-refractivity contribution in [2.24, 2.45) is 0 Å². The minimum absolute atomic E-state index is 0.0385. The van der Waals surface area contributed by atoms with Crippen LogP contribution in [0.2, 0.25) is 18.1 Å². The van der Waals surface area contributed by atoms with Crippen molar-refractivity contribution in [3.05, 3.63) is 0 Å². The molecule has 0 aliphatic rings. The lowest BCUT2D eigenvalue weighted by Gasteiger charge is -2.39. The highest BCUT2D eigenvalue weighted by Crippen LogP contribution is 2.37. The van der Waals surface area contributed by atoms with E-state index in [2.05, 4.69) is 55.1 Å². The first-order valence-electron chi connectivity index (χ1n) is 6.99. The lowest BCUT2D eigenvalue weighted by Crippen LogP contribution is -2.48. The maximum absolute atomic E-state index is 11.6. The third kappa shape index (κ3) is 7.64. The van der Waals surface area contributed by atoms with Crippen molar-refractivity contribution >= 4 is 30.3 Å². The van der Waals surface area contributed by atoms with Crippen LogP contribution in [0.3, 0.4) is 0 Å². The van der Waals surface area contributed by atoms with Gasteiger partial charge < -0.3 is 14.5 Å². The molecular formula is C14H30BrNO3Si. The SMILES string of the molecule is CC(C)(C)OC(=O)NCC(CBr)O[Si](C)(C)C(C)(C)C. The van der Waals surface area contributed by atoms with Crippen LogP contribution in [0.4, 0.5) is 4.79 Å². The van der Waals surface area contributed by atoms with Crippen molar-refractivity contribution in [1.29, 1.82) is 0 Å². The molecule has 0 aromatic heterocycles. The van der Waals surface area contributed by atoms with Crippen LogP contribution in [0, 0.1) is 0 Å². The minimum atomic E-state index is -1.83. The van der Waals surface area contributed by atoms with Gasteiger partial charge >= 0.3 is 6.09 Å². The Morgan fingerprint density at radius 3 is 2.05 bits per heavy atom. The molecule has 0 aromatic rings. The number of rotatable bonds is 5. The van der Waals surface area contributed by atoms with Crippen LogP contribution in [0.5, 0.6) is 0 Å². The van der Waals surface area contributed by atoms with Gasteiger partial charge in [0.05, 0.1) is 6.10 Å². The summed E-state index contributed by atoms with van der Waals surface area (Å²) in [6.45, 7) is 17.0. The summed E-state index contributed by atoms with van der Waals surface area (Å²) in [6.07, 6.45) is -0.439. The van der Waals surface area contributed by atoms with Crippen molar-refractivity contribution in [3.63, 3.8) is 0 Å². The Bertz CT molecular complexity index is 321. The topological polar surface area (TPSA) is 47.6 Å². The van der Waals surface area contributed by atoms with E-state index in [-0.39, 0.29) is 11.1 Å². The number of halogens is 1. The summed E-state index contributed by atoms with van der Waals surface area (Å²) in [5.41, 5.74) is -0.478. The van der Waals surface area contributed by atoms with E-state index in [4.69, 9.17) is 9.16 Å². The third-order valence-electron chi connectivity index (χ3n) is 3.31. The molecule has 1 unspecified atom stereocenters. The summed E-state index contributed by atoms with van der Waals surface area (Å²) in [5, 5.41) is 3.61. The van der Waals surface area contributed by atoms with Gasteiger partial charge in [0.15, 0.2) is 8.32 Å². The van der Waals surface area contributed by atoms with Gasteiger partial charge in [0.1, 0.15) is 5.60 Å². The largest absolute Gasteiger partial charge is 0.444 e. The molecule has 1 N–H and O–H groups in total. The average molecular weight is 368 g/mol. The number of alkyl halides is 1. The van der Waals surface area contributed by atoms with Gasteiger partial charge in [-0.15, -0.1) is 0 Å². The molecule has 0 spiro atoms. The van der Waals surface area contributed by atoms with Gasteiger partial charge in [0.2, 0.25) is 0 Å². The summed E-state index contributed by atoms with van der Waals surface area (Å²) in [5.74, 6) is 0. The van der Waals surface area contributed by atoms with E-state index in [0.29, 0.717) is 11.9 Å². The van der Waals surface area contributed by atoms with Crippen LogP contribution in [0.25, 0.3) is 0 Å². The number of hydrogen-bond donors (Lipinski definition) is 1. The van der Waals surface area contributed by atoms with Crippen LogP contribution in [-0.4, -0.2) is 38.0 Å². The smallest absolute Gasteiger partial charge is 0.407 e. The van der Waals surface area contributed by atoms with Gasteiger partial charge in [-0.25, -0.2) is 4.79 Å². The molecule has 1 atom stereocenters. The van der Waals surface area contributed by atoms with E-state index in [1.54, 1.807) is 0 Å². The minimum Gasteiger partial charge on any atom is -0.444 e. The molecule has 0 aliphatic carbocycles. The molecule has 120 valence electrons. The molecule has 0 aromatic carbocycles. The van der Waals surface area contributed by atoms with Crippen LogP contribution >= 0.6 is 15.9 Å². The fraction of sp³-hybridized carbons (Fsp3) is 0.929. The Kier molecular flexibility index (Phi) is 7.24. The second-order valence-corrected chi connectivity index (χ2v) is 12.9. The number of amides is 1. The Morgan fingerprint density at radius 1 is 1.20 bits per heavy atom. The van der Waals surface area contributed by atoms with Gasteiger partial charge in [-0.05, 0) is 38.9 Å². The normalized spacial score (nSPS) is 14.8. The number of ether oxygens (including phenoxy) is 1. The second-order valence-electron chi connectivity index (χ2n) is 7.54. The molecule has 0 bridgehead atoms. The lowest BCUT2D eigenvalue weighted by atomic mass is 10.2. The van der Waals surface area contributed by atoms with E-state index < -0.39 is 20.0 Å². The highest BCUT2D eigenvalue weighted by atomic mass is 79.9. The number of carbonyl (C=O) groups is 1. The third-order valence-corrected chi connectivity index (χ3v) is 8.57. The Hall–Kier alpha value is -0.0731. The van der Waals surface area contributed by atoms with Crippen LogP contribution in [0.15, 0.2) is 0 Å². The van der Waals surface area contributed by atoms with Gasteiger partial charge in [-0.2, -0.15) is 0 Å². The molecule has 1 amide bonds. The maximum Gasteiger partial charge on any atom is 0.407 e. The quantitative estimate of drug-likeness (QED) is 0.582. The van der Waals surface area contributed by atoms with Gasteiger partial charge in [-0.3, -0.25) is 0 Å². The predicted octanol–water partition coefficient (Wildman–Crippen LogP) is 4.30. The highest BCUT2D eigenvalue weighted by molar-refractivity contribution is 9.09. The highest BCUT2D eigenvalue weighted by Gasteiger charge is 2.39. The van der Waals surface area contributed by atoms with Crippen molar-refractivity contribution in [2.45, 2.75) is 71.4 Å². The monoisotopic (exact) mass is 367 g/mol. The molecule has 0 saturated carbocycles. The molecule has 6 heteroatoms. The number of nitrogens with one attached hydrogen (secondary N) is 1. The summed E-state index contributed by atoms with van der Waals surface area (Å²) >= 11 is 3.45. The lowest BCUT2D eigenvalue weighted by molar-refractivity contribution is 0.0503. The molecule has 0 heterocycles. The zero-order valence-corrected chi connectivity index (χ0v) is 16.7. The fourth-order valence-electron chi connectivity index (χ4n) is 1.23. The molecular weight excluding hydrogens is 338 g/mol. The fourth-order valence-corrected chi connectivity index (χ4v) is 3.19. The van der Waals surface area contributed by atoms with E-state index >= 15 is 0 Å². The molecule has 0 saturated heterocycles. The van der Waals surface area contributed by atoms with Gasteiger partial charge in [0.25, 0.3) is 0 Å². The first-order valence-corrected chi connectivity index (χ1v) is 11.0. The summed E-state index contributed by atoms with van der Waals surface area (Å²) in [4.78, 5) is 11.6. The number of hydrogen-bond acceptors (Lipinski definition) is 3.